The molecule has 41 heavy (non-hydrogen) atoms. The van der Waals surface area contributed by atoms with Gasteiger partial charge in [0.05, 0.1) is 16.6 Å². The molecule has 7 rings (SSSR count). The van der Waals surface area contributed by atoms with E-state index in [4.69, 9.17) is 10.5 Å². The number of benzene rings is 1. The van der Waals surface area contributed by atoms with Crippen LogP contribution in [0.2, 0.25) is 0 Å². The normalized spacial score (nSPS) is 26.1. The molecule has 0 bridgehead atoms. The van der Waals surface area contributed by atoms with Gasteiger partial charge in [0.25, 0.3) is 0 Å². The number of nitrogens with zero attached hydrogens (tertiary/aromatic N) is 4. The molecule has 3 N–H and O–H groups in total. The van der Waals surface area contributed by atoms with E-state index in [0.717, 1.165) is 22.8 Å². The number of H-pyrrole nitrogens is 1. The zero-order valence-electron chi connectivity index (χ0n) is 22.3. The van der Waals surface area contributed by atoms with Gasteiger partial charge in [-0.05, 0) is 61.1 Å². The summed E-state index contributed by atoms with van der Waals surface area (Å²) in [4.78, 5) is 39.2. The third-order valence-corrected chi connectivity index (χ3v) is 9.21. The molecule has 4 atom stereocenters. The van der Waals surface area contributed by atoms with E-state index in [2.05, 4.69) is 15.0 Å². The molecule has 11 heteroatoms. The highest BCUT2D eigenvalue weighted by Crippen LogP contribution is 2.58. The number of rotatable bonds is 3. The number of hydrogen-bond acceptors (Lipinski definition) is 6. The van der Waals surface area contributed by atoms with Crippen LogP contribution in [0.5, 0.6) is 0 Å². The molecule has 2 aliphatic carbocycles. The Morgan fingerprint density at radius 1 is 1.02 bits per heavy atom. The molecule has 1 aromatic carbocycles. The Morgan fingerprint density at radius 3 is 2.61 bits per heavy atom. The molecule has 1 unspecified atom stereocenters. The van der Waals surface area contributed by atoms with E-state index < -0.39 is 35.1 Å². The highest BCUT2D eigenvalue weighted by Gasteiger charge is 2.61. The summed E-state index contributed by atoms with van der Waals surface area (Å²) in [5.74, 6) is -2.21. The molecular weight excluding hydrogens is 530 g/mol. The predicted molar refractivity (Wildman–Crippen MR) is 146 cm³/mol. The molecule has 4 heterocycles. The Hall–Kier alpha value is -4.12. The van der Waals surface area contributed by atoms with Crippen LogP contribution in [-0.2, 0) is 10.2 Å². The maximum Gasteiger partial charge on any atom is 0.410 e. The number of nitrogens with two attached hydrogens (primary N) is 1. The van der Waals surface area contributed by atoms with Crippen LogP contribution in [0.3, 0.4) is 0 Å². The number of aromatic nitrogens is 4. The average molecular weight is 561 g/mol. The number of imidazole rings is 1. The Morgan fingerprint density at radius 2 is 1.78 bits per heavy atom. The number of piperidine rings is 1. The molecular formula is C30H30F2N6O3. The Labute approximate surface area is 234 Å². The van der Waals surface area contributed by atoms with E-state index >= 15 is 0 Å². The number of hydrogen-bond donors (Lipinski definition) is 2. The van der Waals surface area contributed by atoms with Gasteiger partial charge in [-0.25, -0.2) is 23.4 Å². The summed E-state index contributed by atoms with van der Waals surface area (Å²) < 4.78 is 36.7. The third kappa shape index (κ3) is 4.21. The summed E-state index contributed by atoms with van der Waals surface area (Å²) in [6, 6.07) is 10.9. The summed E-state index contributed by atoms with van der Waals surface area (Å²) in [6.45, 7) is 0.923. The van der Waals surface area contributed by atoms with Crippen LogP contribution in [0.15, 0.2) is 59.7 Å². The molecule has 1 spiro atoms. The van der Waals surface area contributed by atoms with E-state index in [0.29, 0.717) is 50.8 Å². The van der Waals surface area contributed by atoms with Crippen molar-refractivity contribution in [3.63, 3.8) is 0 Å². The van der Waals surface area contributed by atoms with Crippen molar-refractivity contribution in [3.05, 3.63) is 93.8 Å². The van der Waals surface area contributed by atoms with Gasteiger partial charge in [-0.1, -0.05) is 18.2 Å². The average Bonchev–Trinajstić information content (AvgIpc) is 3.60. The minimum absolute atomic E-state index is 0.0451. The molecule has 9 nitrogen and oxygen atoms in total. The van der Waals surface area contributed by atoms with Gasteiger partial charge in [-0.15, -0.1) is 0 Å². The van der Waals surface area contributed by atoms with Crippen molar-refractivity contribution in [2.45, 2.75) is 61.6 Å². The van der Waals surface area contributed by atoms with Crippen molar-refractivity contribution >= 4 is 17.3 Å². The lowest BCUT2D eigenvalue weighted by atomic mass is 9.86. The first-order chi connectivity index (χ1) is 19.9. The molecule has 1 saturated heterocycles. The van der Waals surface area contributed by atoms with Crippen molar-refractivity contribution in [3.8, 4) is 0 Å². The van der Waals surface area contributed by atoms with Crippen LogP contribution in [0.25, 0.3) is 11.2 Å². The van der Waals surface area contributed by atoms with Gasteiger partial charge in [-0.2, -0.15) is 0 Å². The smallest absolute Gasteiger partial charge is 0.410 e. The number of halogens is 2. The number of fused-ring (bicyclic) bond motifs is 3. The molecule has 3 aromatic heterocycles. The topological polar surface area (TPSA) is 119 Å². The minimum Gasteiger partial charge on any atom is -0.445 e. The van der Waals surface area contributed by atoms with Gasteiger partial charge < -0.3 is 15.4 Å². The highest BCUT2D eigenvalue weighted by molar-refractivity contribution is 5.71. The van der Waals surface area contributed by atoms with Crippen molar-refractivity contribution in [1.29, 1.82) is 0 Å². The third-order valence-electron chi connectivity index (χ3n) is 9.21. The van der Waals surface area contributed by atoms with Crippen molar-refractivity contribution in [1.82, 2.24) is 24.4 Å². The van der Waals surface area contributed by atoms with Gasteiger partial charge >= 0.3 is 11.8 Å². The first-order valence-corrected chi connectivity index (χ1v) is 14.0. The maximum atomic E-state index is 14.8. The zero-order chi connectivity index (χ0) is 28.3. The Bertz CT molecular complexity index is 1700. The van der Waals surface area contributed by atoms with Crippen molar-refractivity contribution in [2.24, 2.45) is 5.73 Å². The van der Waals surface area contributed by atoms with E-state index in [1.807, 2.05) is 12.1 Å². The van der Waals surface area contributed by atoms with Gasteiger partial charge in [0.2, 0.25) is 0 Å². The second-order valence-electron chi connectivity index (χ2n) is 11.4. The minimum atomic E-state index is -0.895. The fraction of sp³-hybridized carbons (Fsp3) is 0.400. The van der Waals surface area contributed by atoms with Crippen LogP contribution in [0.4, 0.5) is 13.6 Å². The van der Waals surface area contributed by atoms with Crippen LogP contribution >= 0.6 is 0 Å². The maximum absolute atomic E-state index is 14.8. The molecule has 1 saturated carbocycles. The summed E-state index contributed by atoms with van der Waals surface area (Å²) in [5, 5.41) is 0. The summed E-state index contributed by atoms with van der Waals surface area (Å²) in [7, 11) is 0. The lowest BCUT2D eigenvalue weighted by Crippen LogP contribution is -2.41. The second kappa shape index (κ2) is 9.76. The highest BCUT2D eigenvalue weighted by atomic mass is 19.2. The molecule has 212 valence electrons. The lowest BCUT2D eigenvalue weighted by molar-refractivity contribution is 0.0757. The first-order valence-electron chi connectivity index (χ1n) is 14.0. The largest absolute Gasteiger partial charge is 0.445 e. The molecule has 4 aromatic rings. The quantitative estimate of drug-likeness (QED) is 0.382. The van der Waals surface area contributed by atoms with E-state index in [9.17, 15) is 18.4 Å². The number of carbonyl (C=O) groups excluding carboxylic acids is 1. The standard InChI is InChI=1S/C30H30F2N6O3/c31-21-6-1-4-18(24(21)32)19-8-11-30(26-20(25(19)33)5-2-12-34-26)16-23(30)41-29(40)37-14-9-17(10-15-37)38-22-7-3-13-35-27(22)36-28(38)39/h1-7,12-13,17,19,23,25H,8-11,14-16,33H2,(H,35,36,39)/t19-,23?,25-,30+/m0/s1. The molecule has 1 aliphatic heterocycles. The zero-order valence-corrected chi connectivity index (χ0v) is 22.3. The predicted octanol–water partition coefficient (Wildman–Crippen LogP) is 4.46. The number of pyridine rings is 2. The summed E-state index contributed by atoms with van der Waals surface area (Å²) in [5.41, 5.74) is 9.08. The van der Waals surface area contributed by atoms with Crippen LogP contribution in [-0.4, -0.2) is 49.7 Å². The van der Waals surface area contributed by atoms with Crippen LogP contribution in [0, 0.1) is 11.6 Å². The Kier molecular flexibility index (Phi) is 6.15. The van der Waals surface area contributed by atoms with Crippen molar-refractivity contribution < 1.29 is 18.3 Å². The van der Waals surface area contributed by atoms with E-state index in [-0.39, 0.29) is 23.4 Å². The number of aromatic amines is 1. The molecule has 1 amide bonds. The number of carbonyl (C=O) groups is 1. The fourth-order valence-corrected chi connectivity index (χ4v) is 6.95. The molecule has 2 fully saturated rings. The van der Waals surface area contributed by atoms with Gasteiger partial charge in [0.15, 0.2) is 17.3 Å². The fourth-order valence-electron chi connectivity index (χ4n) is 6.95. The number of likely N-dealkylation sites (tertiary alicyclic amines) is 1. The monoisotopic (exact) mass is 560 g/mol. The summed E-state index contributed by atoms with van der Waals surface area (Å²) in [6.07, 6.45) is 5.49. The van der Waals surface area contributed by atoms with Gasteiger partial charge in [0, 0.05) is 49.9 Å². The molecule has 3 aliphatic rings. The van der Waals surface area contributed by atoms with Gasteiger partial charge in [0.1, 0.15) is 6.10 Å². The first kappa shape index (κ1) is 25.8. The number of amides is 1. The number of nitrogens with one attached hydrogen (secondary N) is 1. The van der Waals surface area contributed by atoms with Crippen LogP contribution in [0.1, 0.15) is 66.9 Å². The van der Waals surface area contributed by atoms with E-state index in [1.54, 1.807) is 40.1 Å². The summed E-state index contributed by atoms with van der Waals surface area (Å²) >= 11 is 0. The SMILES string of the molecule is N[C@@H]1c2cccnc2[C@]2(CC[C@H]1c1cccc(F)c1F)CC2OC(=O)N1CCC(n2c(=O)[nH]c3ncccc32)CC1. The Balaban J connectivity index is 1.06. The van der Waals surface area contributed by atoms with Crippen LogP contribution < -0.4 is 11.4 Å². The number of ether oxygens (including phenoxy) is 1. The lowest BCUT2D eigenvalue weighted by Gasteiger charge is -2.32. The second-order valence-corrected chi connectivity index (χ2v) is 11.4. The molecule has 0 radical (unpaired) electrons. The van der Waals surface area contributed by atoms with Crippen molar-refractivity contribution in [2.75, 3.05) is 13.1 Å². The van der Waals surface area contributed by atoms with E-state index in [1.165, 1.54) is 6.07 Å². The van der Waals surface area contributed by atoms with Gasteiger partial charge in [-0.3, -0.25) is 14.5 Å².